The van der Waals surface area contributed by atoms with Crippen molar-refractivity contribution < 1.29 is 9.53 Å². The van der Waals surface area contributed by atoms with Gasteiger partial charge in [0.05, 0.1) is 6.61 Å². The Kier molecular flexibility index (Phi) is 6.53. The lowest BCUT2D eigenvalue weighted by Gasteiger charge is -2.13. The molecule has 0 saturated carbocycles. The van der Waals surface area contributed by atoms with Crippen LogP contribution in [0.2, 0.25) is 0 Å². The molecule has 0 atom stereocenters. The van der Waals surface area contributed by atoms with Crippen molar-refractivity contribution in [3.8, 4) is 5.75 Å². The van der Waals surface area contributed by atoms with Gasteiger partial charge in [0.2, 0.25) is 0 Å². The average molecular weight is 356 g/mol. The van der Waals surface area contributed by atoms with E-state index in [-0.39, 0.29) is 11.0 Å². The highest BCUT2D eigenvalue weighted by Gasteiger charge is 2.09. The minimum atomic E-state index is -0.252. The van der Waals surface area contributed by atoms with Crippen LogP contribution in [0.5, 0.6) is 5.75 Å². The first kappa shape index (κ1) is 18.9. The molecule has 1 amide bonds. The van der Waals surface area contributed by atoms with Crippen molar-refractivity contribution in [2.24, 2.45) is 5.92 Å². The van der Waals surface area contributed by atoms with Crippen LogP contribution in [0.25, 0.3) is 0 Å². The van der Waals surface area contributed by atoms with Crippen LogP contribution in [0, 0.1) is 19.8 Å². The standard InChI is InChI=1S/C20H24N2O2S/c1-13(2)12-24-17-10-8-16(9-11-17)19(23)22-20(25)21-18-7-5-6-14(3)15(18)4/h5-11,13H,12H2,1-4H3,(H2,21,22,23,25). The van der Waals surface area contributed by atoms with Gasteiger partial charge < -0.3 is 10.1 Å². The number of thiocarbonyl (C=S) groups is 1. The van der Waals surface area contributed by atoms with E-state index < -0.39 is 0 Å². The van der Waals surface area contributed by atoms with Gasteiger partial charge in [0.1, 0.15) is 5.75 Å². The fourth-order valence-corrected chi connectivity index (χ4v) is 2.38. The van der Waals surface area contributed by atoms with Crippen LogP contribution in [-0.2, 0) is 0 Å². The molecular weight excluding hydrogens is 332 g/mol. The highest BCUT2D eigenvalue weighted by molar-refractivity contribution is 7.80. The van der Waals surface area contributed by atoms with Crippen molar-refractivity contribution >= 4 is 28.9 Å². The second kappa shape index (κ2) is 8.62. The lowest BCUT2D eigenvalue weighted by Crippen LogP contribution is -2.34. The first-order valence-electron chi connectivity index (χ1n) is 8.28. The highest BCUT2D eigenvalue weighted by Crippen LogP contribution is 2.18. The number of benzene rings is 2. The molecule has 4 nitrogen and oxygen atoms in total. The lowest BCUT2D eigenvalue weighted by molar-refractivity contribution is 0.0977. The van der Waals surface area contributed by atoms with Crippen LogP contribution < -0.4 is 15.4 Å². The first-order chi connectivity index (χ1) is 11.9. The average Bonchev–Trinajstić information content (AvgIpc) is 2.57. The molecule has 25 heavy (non-hydrogen) atoms. The molecule has 2 N–H and O–H groups in total. The van der Waals surface area contributed by atoms with Gasteiger partial charge in [0, 0.05) is 11.3 Å². The molecule has 0 aliphatic rings. The molecule has 132 valence electrons. The van der Waals surface area contributed by atoms with E-state index in [4.69, 9.17) is 17.0 Å². The number of ether oxygens (including phenoxy) is 1. The summed E-state index contributed by atoms with van der Waals surface area (Å²) in [6.45, 7) is 8.87. The van der Waals surface area contributed by atoms with Crippen LogP contribution in [0.3, 0.4) is 0 Å². The molecule has 0 aliphatic carbocycles. The summed E-state index contributed by atoms with van der Waals surface area (Å²) in [5.74, 6) is 0.955. The van der Waals surface area contributed by atoms with Crippen molar-refractivity contribution in [1.82, 2.24) is 5.32 Å². The van der Waals surface area contributed by atoms with E-state index in [1.165, 1.54) is 0 Å². The molecule has 0 aliphatic heterocycles. The van der Waals surface area contributed by atoms with E-state index in [9.17, 15) is 4.79 Å². The highest BCUT2D eigenvalue weighted by atomic mass is 32.1. The molecule has 2 aromatic carbocycles. The predicted molar refractivity (Wildman–Crippen MR) is 106 cm³/mol. The predicted octanol–water partition coefficient (Wildman–Crippen LogP) is 4.47. The topological polar surface area (TPSA) is 50.4 Å². The summed E-state index contributed by atoms with van der Waals surface area (Å²) in [6.07, 6.45) is 0. The van der Waals surface area contributed by atoms with E-state index in [1.54, 1.807) is 24.3 Å². The lowest BCUT2D eigenvalue weighted by atomic mass is 10.1. The number of nitrogens with one attached hydrogen (secondary N) is 2. The largest absolute Gasteiger partial charge is 0.493 e. The molecule has 5 heteroatoms. The van der Waals surface area contributed by atoms with E-state index >= 15 is 0 Å². The Morgan fingerprint density at radius 2 is 1.80 bits per heavy atom. The molecule has 0 saturated heterocycles. The summed E-state index contributed by atoms with van der Waals surface area (Å²) in [6, 6.07) is 13.0. The van der Waals surface area contributed by atoms with Crippen molar-refractivity contribution in [1.29, 1.82) is 0 Å². The number of hydrogen-bond donors (Lipinski definition) is 2. The third kappa shape index (κ3) is 5.57. The molecule has 0 radical (unpaired) electrons. The zero-order valence-electron chi connectivity index (χ0n) is 15.1. The maximum atomic E-state index is 12.3. The number of aryl methyl sites for hydroxylation is 1. The van der Waals surface area contributed by atoms with Gasteiger partial charge in [-0.25, -0.2) is 0 Å². The van der Waals surface area contributed by atoms with Crippen molar-refractivity contribution in [2.45, 2.75) is 27.7 Å². The molecule has 0 aromatic heterocycles. The molecule has 0 fully saturated rings. The van der Waals surface area contributed by atoms with Crippen molar-refractivity contribution in [2.75, 3.05) is 11.9 Å². The number of amides is 1. The third-order valence-corrected chi connectivity index (χ3v) is 3.98. The molecule has 0 bridgehead atoms. The molecule has 2 aromatic rings. The van der Waals surface area contributed by atoms with Crippen LogP contribution in [0.4, 0.5) is 5.69 Å². The van der Waals surface area contributed by atoms with Crippen molar-refractivity contribution in [3.63, 3.8) is 0 Å². The van der Waals surface area contributed by atoms with Gasteiger partial charge in [0.25, 0.3) is 5.91 Å². The van der Waals surface area contributed by atoms with E-state index in [0.717, 1.165) is 22.6 Å². The first-order valence-corrected chi connectivity index (χ1v) is 8.69. The molecule has 0 spiro atoms. The summed E-state index contributed by atoms with van der Waals surface area (Å²) in [5.41, 5.74) is 3.69. The summed E-state index contributed by atoms with van der Waals surface area (Å²) >= 11 is 5.24. The Labute approximate surface area is 154 Å². The molecule has 2 rings (SSSR count). The summed E-state index contributed by atoms with van der Waals surface area (Å²) in [7, 11) is 0. The van der Waals surface area contributed by atoms with Gasteiger partial charge in [-0.3, -0.25) is 10.1 Å². The van der Waals surface area contributed by atoms with Crippen molar-refractivity contribution in [3.05, 3.63) is 59.2 Å². The van der Waals surface area contributed by atoms with E-state index in [1.807, 2.05) is 32.0 Å². The quantitative estimate of drug-likeness (QED) is 0.777. The number of rotatable bonds is 5. The summed E-state index contributed by atoms with van der Waals surface area (Å²) in [4.78, 5) is 12.3. The monoisotopic (exact) mass is 356 g/mol. The Hall–Kier alpha value is -2.40. The smallest absolute Gasteiger partial charge is 0.257 e. The zero-order chi connectivity index (χ0) is 18.4. The number of anilines is 1. The molecular formula is C20H24N2O2S. The van der Waals surface area contributed by atoms with E-state index in [0.29, 0.717) is 18.1 Å². The maximum Gasteiger partial charge on any atom is 0.257 e. The normalized spacial score (nSPS) is 10.4. The summed E-state index contributed by atoms with van der Waals surface area (Å²) in [5, 5.41) is 6.05. The fraction of sp³-hybridized carbons (Fsp3) is 0.300. The molecule has 0 unspecified atom stereocenters. The minimum Gasteiger partial charge on any atom is -0.493 e. The molecule has 0 heterocycles. The second-order valence-corrected chi connectivity index (χ2v) is 6.79. The van der Waals surface area contributed by atoms with Gasteiger partial charge in [-0.05, 0) is 73.4 Å². The van der Waals surface area contributed by atoms with Crippen LogP contribution in [0.15, 0.2) is 42.5 Å². The summed E-state index contributed by atoms with van der Waals surface area (Å²) < 4.78 is 5.62. The second-order valence-electron chi connectivity index (χ2n) is 6.38. The Morgan fingerprint density at radius 3 is 2.44 bits per heavy atom. The van der Waals surface area contributed by atoms with Gasteiger partial charge in [-0.2, -0.15) is 0 Å². The maximum absolute atomic E-state index is 12.3. The number of hydrogen-bond acceptors (Lipinski definition) is 3. The van der Waals surface area contributed by atoms with Gasteiger partial charge in [0.15, 0.2) is 5.11 Å². The minimum absolute atomic E-state index is 0.252. The zero-order valence-corrected chi connectivity index (χ0v) is 15.9. The van der Waals surface area contributed by atoms with Crippen LogP contribution >= 0.6 is 12.2 Å². The fourth-order valence-electron chi connectivity index (χ4n) is 2.18. The number of carbonyl (C=O) groups is 1. The van der Waals surface area contributed by atoms with Crippen LogP contribution in [0.1, 0.15) is 35.3 Å². The third-order valence-electron chi connectivity index (χ3n) is 3.78. The van der Waals surface area contributed by atoms with Gasteiger partial charge in [-0.1, -0.05) is 26.0 Å². The van der Waals surface area contributed by atoms with Gasteiger partial charge >= 0.3 is 0 Å². The number of carbonyl (C=O) groups excluding carboxylic acids is 1. The Bertz CT molecular complexity index is 755. The van der Waals surface area contributed by atoms with Crippen LogP contribution in [-0.4, -0.2) is 17.6 Å². The Morgan fingerprint density at radius 1 is 1.12 bits per heavy atom. The van der Waals surface area contributed by atoms with E-state index in [2.05, 4.69) is 24.5 Å². The van der Waals surface area contributed by atoms with Gasteiger partial charge in [-0.15, -0.1) is 0 Å². The SMILES string of the molecule is Cc1cccc(NC(=S)NC(=O)c2ccc(OCC(C)C)cc2)c1C. The Balaban J connectivity index is 1.94.